The molecule has 4 nitrogen and oxygen atoms in total. The van der Waals surface area contributed by atoms with Gasteiger partial charge in [0, 0.05) is 0 Å². The second kappa shape index (κ2) is 9.96. The standard InChI is InChI=1S/C27H28N2O2S/c1-4-31-23-11-8-12-24-26(23)28-27(32-24)29(18-21-9-6-5-7-10-21)25(30)17-20-13-15-22(16-14-20)19(2)3/h5-16,19H,4,17-18H2,1-3H3. The highest BCUT2D eigenvalue weighted by atomic mass is 32.1. The Bertz CT molecular complexity index is 1180. The summed E-state index contributed by atoms with van der Waals surface area (Å²) >= 11 is 1.52. The number of fused-ring (bicyclic) bond motifs is 1. The van der Waals surface area contributed by atoms with Crippen LogP contribution in [0.25, 0.3) is 10.2 Å². The van der Waals surface area contributed by atoms with E-state index in [2.05, 4.69) is 38.1 Å². The molecule has 1 aromatic heterocycles. The van der Waals surface area contributed by atoms with Crippen molar-refractivity contribution in [3.05, 3.63) is 89.5 Å². The van der Waals surface area contributed by atoms with E-state index in [0.29, 0.717) is 30.6 Å². The molecule has 164 valence electrons. The van der Waals surface area contributed by atoms with Crippen LogP contribution in [0.4, 0.5) is 5.13 Å². The number of benzene rings is 3. The van der Waals surface area contributed by atoms with E-state index in [9.17, 15) is 4.79 Å². The lowest BCUT2D eigenvalue weighted by atomic mass is 10.0. The van der Waals surface area contributed by atoms with Gasteiger partial charge in [-0.2, -0.15) is 0 Å². The number of nitrogens with zero attached hydrogens (tertiary/aromatic N) is 2. The maximum atomic E-state index is 13.5. The molecule has 0 N–H and O–H groups in total. The van der Waals surface area contributed by atoms with Crippen molar-refractivity contribution in [1.29, 1.82) is 0 Å². The third kappa shape index (κ3) is 5.00. The van der Waals surface area contributed by atoms with Crippen molar-refractivity contribution in [1.82, 2.24) is 4.98 Å². The smallest absolute Gasteiger partial charge is 0.233 e. The molecule has 4 aromatic rings. The zero-order valence-electron chi connectivity index (χ0n) is 18.7. The van der Waals surface area contributed by atoms with Gasteiger partial charge in [0.25, 0.3) is 0 Å². The summed E-state index contributed by atoms with van der Waals surface area (Å²) in [7, 11) is 0. The average Bonchev–Trinajstić information content (AvgIpc) is 3.23. The second-order valence-electron chi connectivity index (χ2n) is 8.07. The third-order valence-corrected chi connectivity index (χ3v) is 6.43. The number of rotatable bonds is 8. The van der Waals surface area contributed by atoms with Crippen molar-refractivity contribution in [2.75, 3.05) is 11.5 Å². The SMILES string of the molecule is CCOc1cccc2sc(N(Cc3ccccc3)C(=O)Cc3ccc(C(C)C)cc3)nc12. The Morgan fingerprint density at radius 1 is 0.969 bits per heavy atom. The fraction of sp³-hybridized carbons (Fsp3) is 0.259. The molecule has 0 saturated heterocycles. The second-order valence-corrected chi connectivity index (χ2v) is 9.08. The molecule has 1 heterocycles. The van der Waals surface area contributed by atoms with Crippen LogP contribution in [0.15, 0.2) is 72.8 Å². The molecule has 5 heteroatoms. The molecule has 0 bridgehead atoms. The number of hydrogen-bond acceptors (Lipinski definition) is 4. The van der Waals surface area contributed by atoms with E-state index in [1.807, 2.05) is 55.5 Å². The van der Waals surface area contributed by atoms with Crippen LogP contribution in [0.5, 0.6) is 5.75 Å². The first-order valence-electron chi connectivity index (χ1n) is 11.0. The number of ether oxygens (including phenoxy) is 1. The predicted molar refractivity (Wildman–Crippen MR) is 133 cm³/mol. The molecule has 3 aromatic carbocycles. The van der Waals surface area contributed by atoms with Gasteiger partial charge in [-0.15, -0.1) is 0 Å². The minimum atomic E-state index is 0.0307. The van der Waals surface area contributed by atoms with Gasteiger partial charge in [-0.1, -0.05) is 85.8 Å². The minimum absolute atomic E-state index is 0.0307. The molecule has 32 heavy (non-hydrogen) atoms. The van der Waals surface area contributed by atoms with Crippen LogP contribution in [0.3, 0.4) is 0 Å². The number of aromatic nitrogens is 1. The molecule has 0 spiro atoms. The van der Waals surface area contributed by atoms with Gasteiger partial charge >= 0.3 is 0 Å². The molecule has 0 aliphatic rings. The van der Waals surface area contributed by atoms with Crippen molar-refractivity contribution in [2.45, 2.75) is 39.7 Å². The average molecular weight is 445 g/mol. The highest BCUT2D eigenvalue weighted by Crippen LogP contribution is 2.35. The quantitative estimate of drug-likeness (QED) is 0.308. The van der Waals surface area contributed by atoms with Crippen molar-refractivity contribution >= 4 is 32.6 Å². The Kier molecular flexibility index (Phi) is 6.86. The first-order chi connectivity index (χ1) is 15.5. The predicted octanol–water partition coefficient (Wildman–Crippen LogP) is 6.59. The van der Waals surface area contributed by atoms with Gasteiger partial charge in [0.1, 0.15) is 11.3 Å². The Hall–Kier alpha value is -3.18. The maximum Gasteiger partial charge on any atom is 0.233 e. The lowest BCUT2D eigenvalue weighted by Gasteiger charge is -2.20. The van der Waals surface area contributed by atoms with E-state index in [4.69, 9.17) is 9.72 Å². The largest absolute Gasteiger partial charge is 0.492 e. The zero-order chi connectivity index (χ0) is 22.5. The van der Waals surface area contributed by atoms with E-state index in [1.165, 1.54) is 16.9 Å². The molecular formula is C27H28N2O2S. The number of hydrogen-bond donors (Lipinski definition) is 0. The lowest BCUT2D eigenvalue weighted by Crippen LogP contribution is -2.31. The number of carbonyl (C=O) groups is 1. The fourth-order valence-electron chi connectivity index (χ4n) is 3.62. The van der Waals surface area contributed by atoms with Crippen LogP contribution in [-0.4, -0.2) is 17.5 Å². The van der Waals surface area contributed by atoms with Gasteiger partial charge in [-0.05, 0) is 41.7 Å². The molecule has 0 radical (unpaired) electrons. The van der Waals surface area contributed by atoms with Gasteiger partial charge in [0.2, 0.25) is 5.91 Å². The first-order valence-corrected chi connectivity index (χ1v) is 11.8. The summed E-state index contributed by atoms with van der Waals surface area (Å²) < 4.78 is 6.77. The van der Waals surface area contributed by atoms with Crippen LogP contribution in [0.1, 0.15) is 43.4 Å². The van der Waals surface area contributed by atoms with Crippen molar-refractivity contribution < 1.29 is 9.53 Å². The Labute approximate surface area is 193 Å². The van der Waals surface area contributed by atoms with Crippen LogP contribution in [0, 0.1) is 0 Å². The van der Waals surface area contributed by atoms with Crippen molar-refractivity contribution in [3.8, 4) is 5.75 Å². The van der Waals surface area contributed by atoms with Crippen LogP contribution < -0.4 is 9.64 Å². The molecule has 0 aliphatic heterocycles. The van der Waals surface area contributed by atoms with Crippen molar-refractivity contribution in [2.24, 2.45) is 0 Å². The Morgan fingerprint density at radius 3 is 2.41 bits per heavy atom. The molecule has 0 atom stereocenters. The summed E-state index contributed by atoms with van der Waals surface area (Å²) in [6.07, 6.45) is 0.333. The minimum Gasteiger partial charge on any atom is -0.492 e. The number of anilines is 1. The summed E-state index contributed by atoms with van der Waals surface area (Å²) in [4.78, 5) is 20.1. The van der Waals surface area contributed by atoms with Gasteiger partial charge in [0.15, 0.2) is 5.13 Å². The maximum absolute atomic E-state index is 13.5. The highest BCUT2D eigenvalue weighted by molar-refractivity contribution is 7.22. The summed E-state index contributed by atoms with van der Waals surface area (Å²) in [6.45, 7) is 7.36. The van der Waals surface area contributed by atoms with Gasteiger partial charge in [-0.3, -0.25) is 9.69 Å². The fourth-order valence-corrected chi connectivity index (χ4v) is 4.62. The molecule has 1 amide bonds. The summed E-state index contributed by atoms with van der Waals surface area (Å²) in [5.41, 5.74) is 4.16. The van der Waals surface area contributed by atoms with Crippen LogP contribution >= 0.6 is 11.3 Å². The van der Waals surface area contributed by atoms with E-state index in [1.54, 1.807) is 4.90 Å². The van der Waals surface area contributed by atoms with E-state index < -0.39 is 0 Å². The monoisotopic (exact) mass is 444 g/mol. The van der Waals surface area contributed by atoms with E-state index >= 15 is 0 Å². The molecule has 0 unspecified atom stereocenters. The summed E-state index contributed by atoms with van der Waals surface area (Å²) in [5.74, 6) is 1.25. The number of amides is 1. The van der Waals surface area contributed by atoms with Gasteiger partial charge < -0.3 is 4.74 Å². The van der Waals surface area contributed by atoms with Gasteiger partial charge in [0.05, 0.1) is 24.3 Å². The Balaban J connectivity index is 1.66. The van der Waals surface area contributed by atoms with Crippen molar-refractivity contribution in [3.63, 3.8) is 0 Å². The molecule has 0 fully saturated rings. The molecule has 4 rings (SSSR count). The lowest BCUT2D eigenvalue weighted by molar-refractivity contribution is -0.118. The Morgan fingerprint density at radius 2 is 1.72 bits per heavy atom. The normalized spacial score (nSPS) is 11.1. The first kappa shape index (κ1) is 22.0. The summed E-state index contributed by atoms with van der Waals surface area (Å²) in [5, 5.41) is 0.694. The van der Waals surface area contributed by atoms with Gasteiger partial charge in [-0.25, -0.2) is 4.98 Å². The molecule has 0 saturated carbocycles. The van der Waals surface area contributed by atoms with Crippen LogP contribution in [-0.2, 0) is 17.8 Å². The number of thiazole rings is 1. The third-order valence-electron chi connectivity index (χ3n) is 5.39. The summed E-state index contributed by atoms with van der Waals surface area (Å²) in [6, 6.07) is 24.3. The zero-order valence-corrected chi connectivity index (χ0v) is 19.6. The van der Waals surface area contributed by atoms with E-state index in [-0.39, 0.29) is 5.91 Å². The highest BCUT2D eigenvalue weighted by Gasteiger charge is 2.21. The topological polar surface area (TPSA) is 42.4 Å². The van der Waals surface area contributed by atoms with E-state index in [0.717, 1.165) is 27.1 Å². The molecular weight excluding hydrogens is 416 g/mol. The van der Waals surface area contributed by atoms with Crippen LogP contribution in [0.2, 0.25) is 0 Å². The number of carbonyl (C=O) groups excluding carboxylic acids is 1. The molecule has 0 aliphatic carbocycles. The number of para-hydroxylation sites is 1.